The first kappa shape index (κ1) is 15.6. The van der Waals surface area contributed by atoms with Gasteiger partial charge in [-0.15, -0.1) is 0 Å². The molecule has 0 saturated heterocycles. The Bertz CT molecular complexity index is 853. The van der Waals surface area contributed by atoms with Gasteiger partial charge in [0.05, 0.1) is 6.21 Å². The summed E-state index contributed by atoms with van der Waals surface area (Å²) < 4.78 is 8.77. The van der Waals surface area contributed by atoms with Gasteiger partial charge in [0.2, 0.25) is 4.77 Å². The van der Waals surface area contributed by atoms with E-state index in [4.69, 9.17) is 17.0 Å². The first-order chi connectivity index (χ1) is 11.2. The Morgan fingerprint density at radius 2 is 1.91 bits per heavy atom. The number of benzene rings is 2. The summed E-state index contributed by atoms with van der Waals surface area (Å²) in [5.41, 5.74) is 2.07. The fourth-order valence-electron chi connectivity index (χ4n) is 1.85. The van der Waals surface area contributed by atoms with Crippen LogP contribution in [0.1, 0.15) is 11.1 Å². The molecular formula is C16H13BrN4OS. The molecule has 1 aromatic heterocycles. The van der Waals surface area contributed by atoms with Crippen molar-refractivity contribution in [1.82, 2.24) is 14.9 Å². The van der Waals surface area contributed by atoms with Crippen molar-refractivity contribution in [1.29, 1.82) is 0 Å². The maximum absolute atomic E-state index is 5.76. The highest BCUT2D eigenvalue weighted by Crippen LogP contribution is 2.15. The summed E-state index contributed by atoms with van der Waals surface area (Å²) in [6.45, 7) is 0.533. The zero-order valence-corrected chi connectivity index (χ0v) is 14.4. The molecular weight excluding hydrogens is 376 g/mol. The van der Waals surface area contributed by atoms with Gasteiger partial charge in [-0.3, -0.25) is 5.10 Å². The minimum Gasteiger partial charge on any atom is -0.489 e. The zero-order valence-electron chi connectivity index (χ0n) is 12.0. The smallest absolute Gasteiger partial charge is 0.216 e. The van der Waals surface area contributed by atoms with Gasteiger partial charge in [-0.25, -0.2) is 0 Å². The molecule has 2 aromatic carbocycles. The Morgan fingerprint density at radius 3 is 2.57 bits per heavy atom. The number of halogens is 1. The molecule has 3 rings (SSSR count). The number of nitrogens with one attached hydrogen (secondary N) is 1. The van der Waals surface area contributed by atoms with Gasteiger partial charge < -0.3 is 4.74 Å². The van der Waals surface area contributed by atoms with E-state index in [1.165, 1.54) is 11.0 Å². The lowest BCUT2D eigenvalue weighted by Crippen LogP contribution is -1.95. The van der Waals surface area contributed by atoms with E-state index >= 15 is 0 Å². The van der Waals surface area contributed by atoms with Crippen molar-refractivity contribution < 1.29 is 4.74 Å². The van der Waals surface area contributed by atoms with E-state index in [-0.39, 0.29) is 0 Å². The van der Waals surface area contributed by atoms with E-state index in [2.05, 4.69) is 31.2 Å². The molecule has 1 N–H and O–H groups in total. The molecule has 0 aliphatic rings. The van der Waals surface area contributed by atoms with E-state index in [0.717, 1.165) is 21.3 Å². The first-order valence-corrected chi connectivity index (χ1v) is 8.04. The van der Waals surface area contributed by atoms with Crippen LogP contribution >= 0.6 is 28.1 Å². The Kier molecular flexibility index (Phi) is 4.99. The standard InChI is InChI=1S/C16H13BrN4OS/c17-14-5-1-13(2-6-14)10-22-15-7-3-12(4-8-15)9-19-21-11-18-20-16(21)23/h1-9,11H,10H2,(H,20,23)/b19-9-. The average Bonchev–Trinajstić information content (AvgIpc) is 2.98. The minimum atomic E-state index is 0.454. The van der Waals surface area contributed by atoms with Crippen LogP contribution in [0.3, 0.4) is 0 Å². The molecule has 0 unspecified atom stereocenters. The van der Waals surface area contributed by atoms with Crippen molar-refractivity contribution in [3.05, 3.63) is 75.2 Å². The molecule has 0 atom stereocenters. The zero-order chi connectivity index (χ0) is 16.1. The molecule has 5 nitrogen and oxygen atoms in total. The third-order valence-corrected chi connectivity index (χ3v) is 3.87. The molecule has 23 heavy (non-hydrogen) atoms. The summed E-state index contributed by atoms with van der Waals surface area (Å²) in [4.78, 5) is 0. The minimum absolute atomic E-state index is 0.454. The molecule has 0 amide bonds. The van der Waals surface area contributed by atoms with Crippen LogP contribution in [0.4, 0.5) is 0 Å². The van der Waals surface area contributed by atoms with E-state index in [0.29, 0.717) is 11.4 Å². The summed E-state index contributed by atoms with van der Waals surface area (Å²) in [5, 5.41) is 10.7. The van der Waals surface area contributed by atoms with Crippen molar-refractivity contribution in [3.8, 4) is 5.75 Å². The van der Waals surface area contributed by atoms with Crippen molar-refractivity contribution in [3.63, 3.8) is 0 Å². The fraction of sp³-hybridized carbons (Fsp3) is 0.0625. The predicted molar refractivity (Wildman–Crippen MR) is 95.3 cm³/mol. The Morgan fingerprint density at radius 1 is 1.17 bits per heavy atom. The summed E-state index contributed by atoms with van der Waals surface area (Å²) in [6, 6.07) is 15.7. The predicted octanol–water partition coefficient (Wildman–Crippen LogP) is 4.16. The second-order valence-corrected chi connectivity index (χ2v) is 6.04. The van der Waals surface area contributed by atoms with Gasteiger partial charge in [-0.1, -0.05) is 28.1 Å². The maximum Gasteiger partial charge on any atom is 0.216 e. The number of rotatable bonds is 5. The Balaban J connectivity index is 1.60. The lowest BCUT2D eigenvalue weighted by molar-refractivity contribution is 0.306. The first-order valence-electron chi connectivity index (χ1n) is 6.84. The van der Waals surface area contributed by atoms with Crippen LogP contribution in [0.2, 0.25) is 0 Å². The number of hydrogen-bond donors (Lipinski definition) is 1. The molecule has 0 aliphatic carbocycles. The van der Waals surface area contributed by atoms with E-state index in [1.807, 2.05) is 48.5 Å². The van der Waals surface area contributed by atoms with Crippen LogP contribution in [-0.2, 0) is 6.61 Å². The lowest BCUT2D eigenvalue weighted by Gasteiger charge is -2.06. The van der Waals surface area contributed by atoms with Crippen molar-refractivity contribution in [2.75, 3.05) is 0 Å². The third-order valence-electron chi connectivity index (χ3n) is 3.07. The van der Waals surface area contributed by atoms with Gasteiger partial charge in [0, 0.05) is 4.47 Å². The molecule has 0 fully saturated rings. The molecule has 0 spiro atoms. The van der Waals surface area contributed by atoms with Crippen molar-refractivity contribution in [2.24, 2.45) is 5.10 Å². The third kappa shape index (κ3) is 4.37. The van der Waals surface area contributed by atoms with E-state index in [1.54, 1.807) is 6.21 Å². The van der Waals surface area contributed by atoms with Crippen LogP contribution in [0.25, 0.3) is 0 Å². The van der Waals surface area contributed by atoms with Crippen LogP contribution in [0.15, 0.2) is 64.4 Å². The summed E-state index contributed by atoms with van der Waals surface area (Å²) in [5.74, 6) is 0.810. The Labute approximate surface area is 146 Å². The highest BCUT2D eigenvalue weighted by Gasteiger charge is 1.97. The number of H-pyrrole nitrogens is 1. The second-order valence-electron chi connectivity index (χ2n) is 4.73. The molecule has 7 heteroatoms. The summed E-state index contributed by atoms with van der Waals surface area (Å²) in [7, 11) is 0. The number of aromatic nitrogens is 3. The quantitative estimate of drug-likeness (QED) is 0.527. The fourth-order valence-corrected chi connectivity index (χ4v) is 2.26. The maximum atomic E-state index is 5.76. The topological polar surface area (TPSA) is 55.2 Å². The average molecular weight is 389 g/mol. The largest absolute Gasteiger partial charge is 0.489 e. The number of ether oxygens (including phenoxy) is 1. The van der Waals surface area contributed by atoms with E-state index < -0.39 is 0 Å². The molecule has 116 valence electrons. The Hall–Kier alpha value is -2.25. The summed E-state index contributed by atoms with van der Waals surface area (Å²) >= 11 is 8.43. The monoisotopic (exact) mass is 388 g/mol. The summed E-state index contributed by atoms with van der Waals surface area (Å²) in [6.07, 6.45) is 3.23. The molecule has 0 bridgehead atoms. The normalized spacial score (nSPS) is 11.0. The molecule has 1 heterocycles. The van der Waals surface area contributed by atoms with Gasteiger partial charge in [0.15, 0.2) is 0 Å². The number of nitrogens with zero attached hydrogens (tertiary/aromatic N) is 3. The molecule has 3 aromatic rings. The SMILES string of the molecule is S=c1[nH]ncn1/N=C\c1ccc(OCc2ccc(Br)cc2)cc1. The van der Waals surface area contributed by atoms with E-state index in [9.17, 15) is 0 Å². The second kappa shape index (κ2) is 7.34. The van der Waals surface area contributed by atoms with Crippen LogP contribution in [-0.4, -0.2) is 21.1 Å². The highest BCUT2D eigenvalue weighted by atomic mass is 79.9. The van der Waals surface area contributed by atoms with Gasteiger partial charge in [0.25, 0.3) is 0 Å². The van der Waals surface area contributed by atoms with Crippen molar-refractivity contribution >= 4 is 34.4 Å². The van der Waals surface area contributed by atoms with Crippen molar-refractivity contribution in [2.45, 2.75) is 6.61 Å². The van der Waals surface area contributed by atoms with Gasteiger partial charge in [-0.05, 0) is 59.7 Å². The number of hydrogen-bond acceptors (Lipinski definition) is 4. The molecule has 0 saturated carbocycles. The van der Waals surface area contributed by atoms with Crippen LogP contribution < -0.4 is 4.74 Å². The number of aromatic amines is 1. The van der Waals surface area contributed by atoms with Crippen LogP contribution in [0.5, 0.6) is 5.75 Å². The van der Waals surface area contributed by atoms with Gasteiger partial charge in [0.1, 0.15) is 18.7 Å². The van der Waals surface area contributed by atoms with Crippen LogP contribution in [0, 0.1) is 4.77 Å². The van der Waals surface area contributed by atoms with Gasteiger partial charge >= 0.3 is 0 Å². The van der Waals surface area contributed by atoms with Gasteiger partial charge in [-0.2, -0.15) is 14.9 Å². The molecule has 0 radical (unpaired) electrons. The highest BCUT2D eigenvalue weighted by molar-refractivity contribution is 9.10. The molecule has 0 aliphatic heterocycles. The lowest BCUT2D eigenvalue weighted by atomic mass is 10.2.